The van der Waals surface area contributed by atoms with Gasteiger partial charge in [0.2, 0.25) is 0 Å². The zero-order valence-corrected chi connectivity index (χ0v) is 18.3. The molecule has 0 rings (SSSR count). The largest absolute Gasteiger partial charge is 0.242 e. The zero-order valence-electron chi connectivity index (χ0n) is 17.5. The minimum Gasteiger partial charge on any atom is -0.242 e. The van der Waals surface area contributed by atoms with Crippen molar-refractivity contribution in [3.05, 3.63) is 0 Å². The van der Waals surface area contributed by atoms with Crippen LogP contribution >= 0.6 is 0 Å². The van der Waals surface area contributed by atoms with Crippen LogP contribution in [0, 0.1) is 5.92 Å². The van der Waals surface area contributed by atoms with Crippen molar-refractivity contribution in [3.63, 3.8) is 0 Å². The van der Waals surface area contributed by atoms with E-state index < -0.39 is 11.0 Å². The normalized spacial score (nSPS) is 13.8. The highest BCUT2D eigenvalue weighted by Gasteiger charge is 2.31. The second kappa shape index (κ2) is 14.3. The summed E-state index contributed by atoms with van der Waals surface area (Å²) < 4.78 is 16.1. The Balaban J connectivity index is 4.36. The number of unbranched alkanes of at least 4 members (excludes halogenated alkanes) is 8. The summed E-state index contributed by atoms with van der Waals surface area (Å²) in [6, 6.07) is 0.423. The van der Waals surface area contributed by atoms with Gasteiger partial charge in [-0.15, -0.1) is 0 Å². The molecule has 0 radical (unpaired) electrons. The van der Waals surface area contributed by atoms with E-state index in [4.69, 9.17) is 0 Å². The molecule has 1 unspecified atom stereocenters. The minimum atomic E-state index is -0.958. The highest BCUT2D eigenvalue weighted by Crippen LogP contribution is 2.23. The molecule has 1 atom stereocenters. The van der Waals surface area contributed by atoms with Gasteiger partial charge in [0.15, 0.2) is 0 Å². The summed E-state index contributed by atoms with van der Waals surface area (Å²) in [5.41, 5.74) is 0. The van der Waals surface area contributed by atoms with Crippen LogP contribution in [0.25, 0.3) is 0 Å². The SMILES string of the molecule is CCCCCCCC(CCCCCCC)NS(=O)C(C)(C)C(C)C. The first kappa shape index (κ1) is 24.1. The number of rotatable bonds is 16. The number of nitrogens with one attached hydrogen (secondary N) is 1. The summed E-state index contributed by atoms with van der Waals surface area (Å²) in [6.45, 7) is 13.1. The molecule has 0 aliphatic carbocycles. The van der Waals surface area contributed by atoms with E-state index in [1.807, 2.05) is 0 Å². The molecule has 0 bridgehead atoms. The Hall–Kier alpha value is 0.110. The Morgan fingerprint density at radius 2 is 1.21 bits per heavy atom. The van der Waals surface area contributed by atoms with Gasteiger partial charge in [0.25, 0.3) is 0 Å². The molecule has 0 saturated carbocycles. The van der Waals surface area contributed by atoms with Gasteiger partial charge in [-0.3, -0.25) is 0 Å². The average Bonchev–Trinajstić information content (AvgIpc) is 2.53. The summed E-state index contributed by atoms with van der Waals surface area (Å²) in [6.07, 6.45) is 15.5. The van der Waals surface area contributed by atoms with Gasteiger partial charge in [-0.1, -0.05) is 91.9 Å². The maximum atomic E-state index is 12.8. The molecule has 0 aromatic rings. The summed E-state index contributed by atoms with van der Waals surface area (Å²) in [7, 11) is -0.958. The first-order valence-corrected chi connectivity index (χ1v) is 11.7. The van der Waals surface area contributed by atoms with Crippen LogP contribution < -0.4 is 4.72 Å². The fourth-order valence-corrected chi connectivity index (χ4v) is 4.04. The van der Waals surface area contributed by atoms with Crippen LogP contribution in [0.5, 0.6) is 0 Å². The minimum absolute atomic E-state index is 0.164. The molecular formula is C21H45NOS. The summed E-state index contributed by atoms with van der Waals surface area (Å²) in [4.78, 5) is 0. The molecule has 0 fully saturated rings. The lowest BCUT2D eigenvalue weighted by Gasteiger charge is -2.31. The maximum Gasteiger partial charge on any atom is 0.0978 e. The van der Waals surface area contributed by atoms with E-state index in [1.54, 1.807) is 0 Å². The van der Waals surface area contributed by atoms with Crippen molar-refractivity contribution in [1.29, 1.82) is 0 Å². The van der Waals surface area contributed by atoms with Crippen molar-refractivity contribution in [1.82, 2.24) is 4.72 Å². The van der Waals surface area contributed by atoms with E-state index in [1.165, 1.54) is 77.0 Å². The van der Waals surface area contributed by atoms with Crippen LogP contribution in [0.15, 0.2) is 0 Å². The topological polar surface area (TPSA) is 29.1 Å². The van der Waals surface area contributed by atoms with Crippen LogP contribution in [0.4, 0.5) is 0 Å². The third-order valence-electron chi connectivity index (χ3n) is 5.45. The Kier molecular flexibility index (Phi) is 14.4. The van der Waals surface area contributed by atoms with Crippen molar-refractivity contribution in [3.8, 4) is 0 Å². The molecule has 0 amide bonds. The van der Waals surface area contributed by atoms with E-state index in [9.17, 15) is 4.21 Å². The Morgan fingerprint density at radius 1 is 0.792 bits per heavy atom. The Labute approximate surface area is 155 Å². The van der Waals surface area contributed by atoms with Crippen LogP contribution in [0.1, 0.15) is 119 Å². The van der Waals surface area contributed by atoms with E-state index in [0.29, 0.717) is 12.0 Å². The van der Waals surface area contributed by atoms with Gasteiger partial charge in [0.05, 0.1) is 15.7 Å². The molecule has 146 valence electrons. The van der Waals surface area contributed by atoms with Crippen LogP contribution in [-0.2, 0) is 11.0 Å². The average molecular weight is 360 g/mol. The lowest BCUT2D eigenvalue weighted by atomic mass is 10.00. The molecule has 3 heteroatoms. The van der Waals surface area contributed by atoms with Gasteiger partial charge in [-0.05, 0) is 32.6 Å². The van der Waals surface area contributed by atoms with Gasteiger partial charge >= 0.3 is 0 Å². The maximum absolute atomic E-state index is 12.8. The fourth-order valence-electron chi connectivity index (χ4n) is 2.77. The smallest absolute Gasteiger partial charge is 0.0978 e. The molecule has 1 N–H and O–H groups in total. The van der Waals surface area contributed by atoms with Gasteiger partial charge in [-0.25, -0.2) is 8.93 Å². The van der Waals surface area contributed by atoms with Gasteiger partial charge < -0.3 is 0 Å². The van der Waals surface area contributed by atoms with Crippen LogP contribution in [0.3, 0.4) is 0 Å². The second-order valence-corrected chi connectivity index (χ2v) is 10.1. The molecule has 0 aliphatic rings. The lowest BCUT2D eigenvalue weighted by Crippen LogP contribution is -2.44. The predicted octanol–water partition coefficient (Wildman–Crippen LogP) is 6.76. The van der Waals surface area contributed by atoms with Gasteiger partial charge in [0, 0.05) is 6.04 Å². The summed E-state index contributed by atoms with van der Waals surface area (Å²) in [5.74, 6) is 0.417. The third kappa shape index (κ3) is 10.9. The van der Waals surface area contributed by atoms with Crippen LogP contribution in [0.2, 0.25) is 0 Å². The Morgan fingerprint density at radius 3 is 1.58 bits per heavy atom. The van der Waals surface area contributed by atoms with E-state index >= 15 is 0 Å². The zero-order chi connectivity index (χ0) is 18.4. The third-order valence-corrected chi connectivity index (χ3v) is 7.43. The molecule has 0 spiro atoms. The molecule has 0 heterocycles. The number of hydrogen-bond acceptors (Lipinski definition) is 1. The molecule has 2 nitrogen and oxygen atoms in total. The summed E-state index contributed by atoms with van der Waals surface area (Å²) in [5, 5.41) is 0. The number of hydrogen-bond donors (Lipinski definition) is 1. The fraction of sp³-hybridized carbons (Fsp3) is 1.00. The summed E-state index contributed by atoms with van der Waals surface area (Å²) >= 11 is 0. The monoisotopic (exact) mass is 359 g/mol. The second-order valence-electron chi connectivity index (χ2n) is 8.25. The van der Waals surface area contributed by atoms with Crippen molar-refractivity contribution in [2.45, 2.75) is 129 Å². The molecule has 0 saturated heterocycles. The first-order chi connectivity index (χ1) is 11.4. The Bertz CT molecular complexity index is 301. The van der Waals surface area contributed by atoms with Crippen molar-refractivity contribution < 1.29 is 4.21 Å². The lowest BCUT2D eigenvalue weighted by molar-refractivity contribution is 0.442. The first-order valence-electron chi connectivity index (χ1n) is 10.5. The molecule has 24 heavy (non-hydrogen) atoms. The predicted molar refractivity (Wildman–Crippen MR) is 111 cm³/mol. The molecule has 0 aliphatic heterocycles. The molecule has 0 aromatic heterocycles. The highest BCUT2D eigenvalue weighted by molar-refractivity contribution is 7.84. The van der Waals surface area contributed by atoms with Crippen LogP contribution in [-0.4, -0.2) is 15.0 Å². The van der Waals surface area contributed by atoms with E-state index in [-0.39, 0.29) is 4.75 Å². The highest BCUT2D eigenvalue weighted by atomic mass is 32.2. The molecular weight excluding hydrogens is 314 g/mol. The van der Waals surface area contributed by atoms with E-state index in [2.05, 4.69) is 46.3 Å². The van der Waals surface area contributed by atoms with Gasteiger partial charge in [0.1, 0.15) is 0 Å². The van der Waals surface area contributed by atoms with E-state index in [0.717, 1.165) is 0 Å². The molecule has 0 aromatic carbocycles. The standard InChI is InChI=1S/C21H45NOS/c1-7-9-11-13-15-17-20(18-16-14-12-10-8-2)22-24(23)21(5,6)19(3)4/h19-20,22H,7-18H2,1-6H3. The van der Waals surface area contributed by atoms with Gasteiger partial charge in [-0.2, -0.15) is 0 Å². The van der Waals surface area contributed by atoms with Crippen molar-refractivity contribution >= 4 is 11.0 Å². The quantitative estimate of drug-likeness (QED) is 0.303. The van der Waals surface area contributed by atoms with Crippen molar-refractivity contribution in [2.75, 3.05) is 0 Å². The van der Waals surface area contributed by atoms with Crippen molar-refractivity contribution in [2.24, 2.45) is 5.92 Å².